The number of allylic oxidation sites excluding steroid dienone is 3. The molecule has 1 aromatic rings. The Kier molecular flexibility index (Phi) is 11.4. The summed E-state index contributed by atoms with van der Waals surface area (Å²) in [6, 6.07) is 9.14. The summed E-state index contributed by atoms with van der Waals surface area (Å²) in [7, 11) is 0. The highest BCUT2D eigenvalue weighted by Crippen LogP contribution is 2.36. The van der Waals surface area contributed by atoms with E-state index in [1.54, 1.807) is 6.92 Å². The number of amides is 1. The van der Waals surface area contributed by atoms with Gasteiger partial charge in [-0.3, -0.25) is 9.59 Å². The number of rotatable bonds is 4. The molecule has 2 saturated heterocycles. The van der Waals surface area contributed by atoms with E-state index in [2.05, 4.69) is 19.1 Å². The van der Waals surface area contributed by atoms with E-state index in [0.717, 1.165) is 18.4 Å². The number of carbonyl (C=O) groups is 3. The molecule has 1 unspecified atom stereocenters. The summed E-state index contributed by atoms with van der Waals surface area (Å²) in [4.78, 5) is 42.5. The summed E-state index contributed by atoms with van der Waals surface area (Å²) in [6.45, 7) is 7.75. The summed E-state index contributed by atoms with van der Waals surface area (Å²) in [5.74, 6) is -6.06. The van der Waals surface area contributed by atoms with Gasteiger partial charge in [-0.25, -0.2) is 4.79 Å². The van der Waals surface area contributed by atoms with Crippen LogP contribution in [0.4, 0.5) is 0 Å². The fraction of sp³-hybridized carbons (Fsp3) is 0.629. The van der Waals surface area contributed by atoms with Gasteiger partial charge in [0.2, 0.25) is 5.78 Å². The number of aliphatic hydroxyl groups is 2. The smallest absolute Gasteiger partial charge is 0.329 e. The molecule has 236 valence electrons. The zero-order valence-electron chi connectivity index (χ0n) is 26.1. The first kappa shape index (κ1) is 33.1. The highest BCUT2D eigenvalue weighted by Gasteiger charge is 2.56. The monoisotopic (exact) mass is 595 g/mol. The molecule has 0 aromatic heterocycles. The number of esters is 1. The number of ether oxygens (including phenoxy) is 2. The largest absolute Gasteiger partial charge is 0.456 e. The molecule has 2 bridgehead atoms. The van der Waals surface area contributed by atoms with Gasteiger partial charge < -0.3 is 24.6 Å². The molecule has 43 heavy (non-hydrogen) atoms. The Balaban J connectivity index is 1.68. The molecular formula is C35H49NO7. The van der Waals surface area contributed by atoms with Gasteiger partial charge in [0.05, 0.1) is 12.2 Å². The number of ketones is 1. The van der Waals surface area contributed by atoms with Gasteiger partial charge in [-0.05, 0) is 68.9 Å². The fourth-order valence-corrected chi connectivity index (χ4v) is 6.68. The lowest BCUT2D eigenvalue weighted by Crippen LogP contribution is -2.60. The maximum absolute atomic E-state index is 14.0. The van der Waals surface area contributed by atoms with Crippen molar-refractivity contribution in [2.45, 2.75) is 109 Å². The van der Waals surface area contributed by atoms with E-state index >= 15 is 0 Å². The average molecular weight is 596 g/mol. The van der Waals surface area contributed by atoms with Crippen LogP contribution in [-0.2, 0) is 30.3 Å². The molecule has 0 saturated carbocycles. The van der Waals surface area contributed by atoms with Crippen molar-refractivity contribution < 1.29 is 34.1 Å². The van der Waals surface area contributed by atoms with E-state index in [1.807, 2.05) is 56.4 Å². The first-order valence-corrected chi connectivity index (χ1v) is 16.1. The van der Waals surface area contributed by atoms with Gasteiger partial charge in [0.15, 0.2) is 0 Å². The van der Waals surface area contributed by atoms with E-state index in [1.165, 1.54) is 4.90 Å². The van der Waals surface area contributed by atoms with Gasteiger partial charge >= 0.3 is 11.8 Å². The van der Waals surface area contributed by atoms with Gasteiger partial charge in [0, 0.05) is 24.3 Å². The van der Waals surface area contributed by atoms with Crippen LogP contribution in [0.2, 0.25) is 0 Å². The number of Topliss-reactive ketones (excluding diaryl/α,β-unsaturated/α-hetero) is 1. The van der Waals surface area contributed by atoms with Crippen LogP contribution in [0, 0.1) is 23.7 Å². The van der Waals surface area contributed by atoms with Crippen molar-refractivity contribution in [2.75, 3.05) is 6.54 Å². The number of aliphatic hydroxyl groups excluding tert-OH is 1. The van der Waals surface area contributed by atoms with Crippen molar-refractivity contribution in [3.05, 3.63) is 60.2 Å². The van der Waals surface area contributed by atoms with Gasteiger partial charge in [-0.1, -0.05) is 76.3 Å². The van der Waals surface area contributed by atoms with Crippen molar-refractivity contribution in [3.8, 4) is 0 Å². The molecule has 1 aromatic carbocycles. The minimum Gasteiger partial charge on any atom is -0.456 e. The Morgan fingerprint density at radius 1 is 1.02 bits per heavy atom. The lowest BCUT2D eigenvalue weighted by molar-refractivity contribution is -0.236. The minimum atomic E-state index is -2.73. The standard InChI is InChI=1S/C35H49NO7/c1-5-27(22-26-15-10-8-11-16-26)30-18-12-7-6-9-14-23(2)31(37)25(4)29-20-19-24(3)32(38)35(41,43-29)34(40)36-21-13-17-28(36)33(39)42-30/h6,8-12,15-16,18,23-25,27-31,37,41H,5,7,13-14,17,19-22H2,1-4H3/b9-6+,18-12+/t23-,24-,25+,27-,28+,29+,30+,31+,35?/m1/s1. The molecule has 2 fully saturated rings. The van der Waals surface area contributed by atoms with Crippen molar-refractivity contribution in [1.29, 1.82) is 0 Å². The summed E-state index contributed by atoms with van der Waals surface area (Å²) >= 11 is 0. The second-order valence-corrected chi connectivity index (χ2v) is 12.8. The Morgan fingerprint density at radius 3 is 2.49 bits per heavy atom. The zero-order chi connectivity index (χ0) is 31.1. The Morgan fingerprint density at radius 2 is 1.77 bits per heavy atom. The number of benzene rings is 1. The van der Waals surface area contributed by atoms with Gasteiger partial charge in [0.25, 0.3) is 5.91 Å². The lowest BCUT2D eigenvalue weighted by Gasteiger charge is -2.37. The molecular weight excluding hydrogens is 546 g/mol. The Bertz CT molecular complexity index is 1170. The van der Waals surface area contributed by atoms with Gasteiger partial charge in [0.1, 0.15) is 12.1 Å². The molecule has 1 amide bonds. The minimum absolute atomic E-state index is 0.0111. The van der Waals surface area contributed by atoms with E-state index in [-0.39, 0.29) is 18.4 Å². The number of fused-ring (bicyclic) bond motifs is 3. The van der Waals surface area contributed by atoms with Crippen LogP contribution in [-0.4, -0.2) is 69.5 Å². The van der Waals surface area contributed by atoms with Crippen molar-refractivity contribution in [1.82, 2.24) is 4.90 Å². The van der Waals surface area contributed by atoms with Crippen LogP contribution in [0.25, 0.3) is 0 Å². The van der Waals surface area contributed by atoms with Gasteiger partial charge in [-0.15, -0.1) is 0 Å². The normalized spacial score (nSPS) is 36.9. The maximum atomic E-state index is 14.0. The zero-order valence-corrected chi connectivity index (χ0v) is 26.1. The molecule has 0 radical (unpaired) electrons. The molecule has 3 aliphatic heterocycles. The summed E-state index contributed by atoms with van der Waals surface area (Å²) in [5, 5.41) is 22.9. The molecule has 0 aliphatic carbocycles. The number of carbonyl (C=O) groups excluding carboxylic acids is 3. The topological polar surface area (TPSA) is 113 Å². The molecule has 4 rings (SSSR count). The molecule has 9 atom stereocenters. The molecule has 8 heteroatoms. The van der Waals surface area contributed by atoms with E-state index < -0.39 is 59.6 Å². The van der Waals surface area contributed by atoms with Crippen molar-refractivity contribution in [3.63, 3.8) is 0 Å². The highest BCUT2D eigenvalue weighted by molar-refractivity contribution is 6.09. The van der Waals surface area contributed by atoms with E-state index in [0.29, 0.717) is 38.5 Å². The van der Waals surface area contributed by atoms with Crippen LogP contribution in [0.1, 0.15) is 78.2 Å². The Hall–Kier alpha value is -2.81. The lowest BCUT2D eigenvalue weighted by atomic mass is 9.85. The maximum Gasteiger partial charge on any atom is 0.329 e. The predicted molar refractivity (Wildman–Crippen MR) is 164 cm³/mol. The number of cyclic esters (lactones) is 1. The molecule has 3 aliphatic rings. The molecule has 3 heterocycles. The van der Waals surface area contributed by atoms with E-state index in [9.17, 15) is 24.6 Å². The third kappa shape index (κ3) is 7.65. The quantitative estimate of drug-likeness (QED) is 0.293. The Labute approximate surface area is 256 Å². The first-order chi connectivity index (χ1) is 20.6. The van der Waals surface area contributed by atoms with Crippen LogP contribution >= 0.6 is 0 Å². The number of hydrogen-bond acceptors (Lipinski definition) is 7. The van der Waals surface area contributed by atoms with Crippen molar-refractivity contribution in [2.24, 2.45) is 23.7 Å². The second-order valence-electron chi connectivity index (χ2n) is 12.8. The van der Waals surface area contributed by atoms with Gasteiger partial charge in [-0.2, -0.15) is 0 Å². The van der Waals surface area contributed by atoms with E-state index in [4.69, 9.17) is 9.47 Å². The van der Waals surface area contributed by atoms with Crippen LogP contribution < -0.4 is 0 Å². The fourth-order valence-electron chi connectivity index (χ4n) is 6.68. The molecule has 8 nitrogen and oxygen atoms in total. The van der Waals surface area contributed by atoms with Crippen molar-refractivity contribution >= 4 is 17.7 Å². The highest BCUT2D eigenvalue weighted by atomic mass is 16.6. The van der Waals surface area contributed by atoms with Crippen LogP contribution in [0.15, 0.2) is 54.6 Å². The summed E-state index contributed by atoms with van der Waals surface area (Å²) in [6.07, 6.45) is 10.5. The summed E-state index contributed by atoms with van der Waals surface area (Å²) in [5.41, 5.74) is 1.15. The number of nitrogens with zero attached hydrogens (tertiary/aromatic N) is 1. The molecule has 0 spiro atoms. The SMILES string of the molecule is CC[C@H](Cc1ccccc1)[C@@H]1/C=C/C/C=C/C[C@@H](C)[C@H](O)[C@@H](C)[C@@H]2CC[C@@H](C)C(=O)C(O)(O2)C(=O)N2CCC[C@H]2C(=O)O1. The van der Waals surface area contributed by atoms with Crippen LogP contribution in [0.5, 0.6) is 0 Å². The molecule has 2 N–H and O–H groups in total. The third-order valence-corrected chi connectivity index (χ3v) is 9.63. The first-order valence-electron chi connectivity index (χ1n) is 16.1. The summed E-state index contributed by atoms with van der Waals surface area (Å²) < 4.78 is 12.2. The van der Waals surface area contributed by atoms with Crippen LogP contribution in [0.3, 0.4) is 0 Å². The number of hydrogen-bond donors (Lipinski definition) is 2. The average Bonchev–Trinajstić information content (AvgIpc) is 3.47. The third-order valence-electron chi connectivity index (χ3n) is 9.63. The predicted octanol–water partition coefficient (Wildman–Crippen LogP) is 4.77. The second kappa shape index (κ2) is 14.8.